The summed E-state index contributed by atoms with van der Waals surface area (Å²) in [5, 5.41) is 5.79. The number of morpholine rings is 1. The zero-order valence-electron chi connectivity index (χ0n) is 9.86. The summed E-state index contributed by atoms with van der Waals surface area (Å²) in [5.41, 5.74) is 0. The van der Waals surface area contributed by atoms with Gasteiger partial charge in [-0.05, 0) is 6.42 Å². The highest BCUT2D eigenvalue weighted by Crippen LogP contribution is 1.94. The van der Waals surface area contributed by atoms with E-state index in [2.05, 4.69) is 15.4 Å². The Kier molecular flexibility index (Phi) is 8.75. The second-order valence-corrected chi connectivity index (χ2v) is 3.55. The molecular formula is C10H19ClN2O4. The lowest BCUT2D eigenvalue weighted by Gasteiger charge is -2.22. The Morgan fingerprint density at radius 1 is 1.53 bits per heavy atom. The van der Waals surface area contributed by atoms with E-state index in [-0.39, 0.29) is 30.3 Å². The number of hydrogen-bond acceptors (Lipinski definition) is 5. The van der Waals surface area contributed by atoms with Gasteiger partial charge in [-0.15, -0.1) is 12.4 Å². The third kappa shape index (κ3) is 6.45. The van der Waals surface area contributed by atoms with E-state index in [0.29, 0.717) is 39.1 Å². The van der Waals surface area contributed by atoms with Crippen molar-refractivity contribution in [1.29, 1.82) is 0 Å². The highest BCUT2D eigenvalue weighted by molar-refractivity contribution is 5.85. The molecule has 7 heteroatoms. The molecule has 0 aromatic rings. The molecular weight excluding hydrogens is 248 g/mol. The van der Waals surface area contributed by atoms with Crippen molar-refractivity contribution in [2.75, 3.05) is 33.4 Å². The normalized spacial score (nSPS) is 19.0. The highest BCUT2D eigenvalue weighted by atomic mass is 35.5. The van der Waals surface area contributed by atoms with Crippen LogP contribution >= 0.6 is 12.4 Å². The molecule has 1 aliphatic rings. The number of amides is 1. The number of halogens is 1. The largest absolute Gasteiger partial charge is 0.469 e. The lowest BCUT2D eigenvalue weighted by Crippen LogP contribution is -2.51. The zero-order chi connectivity index (χ0) is 11.8. The van der Waals surface area contributed by atoms with Gasteiger partial charge in [0.25, 0.3) is 0 Å². The van der Waals surface area contributed by atoms with Crippen molar-refractivity contribution in [3.8, 4) is 0 Å². The molecule has 6 nitrogen and oxygen atoms in total. The van der Waals surface area contributed by atoms with Gasteiger partial charge >= 0.3 is 5.97 Å². The van der Waals surface area contributed by atoms with Gasteiger partial charge in [0.15, 0.2) is 0 Å². The Balaban J connectivity index is 0.00000256. The van der Waals surface area contributed by atoms with E-state index in [9.17, 15) is 9.59 Å². The minimum atomic E-state index is -0.271. The first-order chi connectivity index (χ1) is 7.74. The van der Waals surface area contributed by atoms with Gasteiger partial charge in [0, 0.05) is 19.5 Å². The summed E-state index contributed by atoms with van der Waals surface area (Å²) in [6, 6.07) is -0.271. The minimum Gasteiger partial charge on any atom is -0.469 e. The van der Waals surface area contributed by atoms with E-state index in [1.54, 1.807) is 0 Å². The molecule has 0 bridgehead atoms. The predicted octanol–water partition coefficient (Wildman–Crippen LogP) is -0.534. The van der Waals surface area contributed by atoms with Crippen LogP contribution in [-0.4, -0.2) is 51.3 Å². The van der Waals surface area contributed by atoms with Crippen molar-refractivity contribution in [1.82, 2.24) is 10.6 Å². The SMILES string of the molecule is COC(=O)CCCNC(=O)C1COCCN1.Cl. The Labute approximate surface area is 107 Å². The van der Waals surface area contributed by atoms with Gasteiger partial charge in [-0.1, -0.05) is 0 Å². The maximum Gasteiger partial charge on any atom is 0.305 e. The van der Waals surface area contributed by atoms with Crippen molar-refractivity contribution >= 4 is 24.3 Å². The molecule has 0 spiro atoms. The molecule has 1 fully saturated rings. The topological polar surface area (TPSA) is 76.7 Å². The smallest absolute Gasteiger partial charge is 0.305 e. The van der Waals surface area contributed by atoms with E-state index < -0.39 is 0 Å². The first-order valence-corrected chi connectivity index (χ1v) is 5.39. The number of ether oxygens (including phenoxy) is 2. The number of methoxy groups -OCH3 is 1. The molecule has 1 rings (SSSR count). The van der Waals surface area contributed by atoms with Crippen LogP contribution in [0.25, 0.3) is 0 Å². The van der Waals surface area contributed by atoms with Crippen molar-refractivity contribution in [2.24, 2.45) is 0 Å². The maximum atomic E-state index is 11.5. The van der Waals surface area contributed by atoms with Crippen molar-refractivity contribution in [2.45, 2.75) is 18.9 Å². The first-order valence-electron chi connectivity index (χ1n) is 5.39. The van der Waals surface area contributed by atoms with Crippen LogP contribution in [0.2, 0.25) is 0 Å². The maximum absolute atomic E-state index is 11.5. The van der Waals surface area contributed by atoms with E-state index in [1.807, 2.05) is 0 Å². The van der Waals surface area contributed by atoms with Gasteiger partial charge in [-0.2, -0.15) is 0 Å². The molecule has 2 N–H and O–H groups in total. The van der Waals surface area contributed by atoms with Crippen LogP contribution in [0.3, 0.4) is 0 Å². The zero-order valence-corrected chi connectivity index (χ0v) is 10.7. The predicted molar refractivity (Wildman–Crippen MR) is 64.1 cm³/mol. The molecule has 1 saturated heterocycles. The van der Waals surface area contributed by atoms with Crippen molar-refractivity contribution in [3.63, 3.8) is 0 Å². The molecule has 17 heavy (non-hydrogen) atoms. The van der Waals surface area contributed by atoms with Crippen LogP contribution in [0.5, 0.6) is 0 Å². The third-order valence-electron chi connectivity index (χ3n) is 2.32. The number of carbonyl (C=O) groups is 2. The molecule has 0 aromatic carbocycles. The molecule has 100 valence electrons. The van der Waals surface area contributed by atoms with E-state index >= 15 is 0 Å². The van der Waals surface area contributed by atoms with Gasteiger partial charge in [0.2, 0.25) is 5.91 Å². The molecule has 0 aromatic heterocycles. The summed E-state index contributed by atoms with van der Waals surface area (Å²) in [6.07, 6.45) is 0.914. The van der Waals surface area contributed by atoms with Gasteiger partial charge < -0.3 is 20.1 Å². The van der Waals surface area contributed by atoms with Crippen LogP contribution in [0.15, 0.2) is 0 Å². The fourth-order valence-electron chi connectivity index (χ4n) is 1.40. The Bertz CT molecular complexity index is 244. The Morgan fingerprint density at radius 2 is 2.29 bits per heavy atom. The minimum absolute atomic E-state index is 0. The van der Waals surface area contributed by atoms with Crippen LogP contribution in [0, 0.1) is 0 Å². The van der Waals surface area contributed by atoms with Gasteiger partial charge in [-0.25, -0.2) is 0 Å². The van der Waals surface area contributed by atoms with Gasteiger partial charge in [-0.3, -0.25) is 9.59 Å². The number of hydrogen-bond donors (Lipinski definition) is 2. The highest BCUT2D eigenvalue weighted by Gasteiger charge is 2.20. The summed E-state index contributed by atoms with van der Waals surface area (Å²) >= 11 is 0. The molecule has 0 radical (unpaired) electrons. The fourth-order valence-corrected chi connectivity index (χ4v) is 1.40. The van der Waals surface area contributed by atoms with Gasteiger partial charge in [0.1, 0.15) is 6.04 Å². The van der Waals surface area contributed by atoms with Crippen LogP contribution < -0.4 is 10.6 Å². The summed E-state index contributed by atoms with van der Waals surface area (Å²) in [6.45, 7) is 2.22. The lowest BCUT2D eigenvalue weighted by atomic mass is 10.2. The first kappa shape index (κ1) is 16.1. The third-order valence-corrected chi connectivity index (χ3v) is 2.32. The molecule has 1 heterocycles. The van der Waals surface area contributed by atoms with E-state index in [4.69, 9.17) is 4.74 Å². The lowest BCUT2D eigenvalue weighted by molar-refractivity contribution is -0.140. The second-order valence-electron chi connectivity index (χ2n) is 3.55. The van der Waals surface area contributed by atoms with Crippen molar-refractivity contribution < 1.29 is 19.1 Å². The van der Waals surface area contributed by atoms with Crippen molar-refractivity contribution in [3.05, 3.63) is 0 Å². The molecule has 0 aliphatic carbocycles. The quantitative estimate of drug-likeness (QED) is 0.517. The fraction of sp³-hybridized carbons (Fsp3) is 0.800. The van der Waals surface area contributed by atoms with Gasteiger partial charge in [0.05, 0.1) is 20.3 Å². The summed E-state index contributed by atoms with van der Waals surface area (Å²) < 4.78 is 9.66. The summed E-state index contributed by atoms with van der Waals surface area (Å²) in [5.74, 6) is -0.335. The Hall–Kier alpha value is -0.850. The van der Waals surface area contributed by atoms with Crippen LogP contribution in [0.4, 0.5) is 0 Å². The summed E-state index contributed by atoms with van der Waals surface area (Å²) in [7, 11) is 1.35. The van der Waals surface area contributed by atoms with Crippen LogP contribution in [-0.2, 0) is 19.1 Å². The molecule has 0 saturated carbocycles. The standard InChI is InChI=1S/C10H18N2O4.ClH/c1-15-9(13)3-2-4-12-10(14)8-7-16-6-5-11-8;/h8,11H,2-7H2,1H3,(H,12,14);1H. The summed E-state index contributed by atoms with van der Waals surface area (Å²) in [4.78, 5) is 22.3. The average Bonchev–Trinajstić information content (AvgIpc) is 2.35. The Morgan fingerprint density at radius 3 is 2.88 bits per heavy atom. The number of esters is 1. The van der Waals surface area contributed by atoms with Crippen LogP contribution in [0.1, 0.15) is 12.8 Å². The number of nitrogens with one attached hydrogen (secondary N) is 2. The average molecular weight is 267 g/mol. The number of carbonyl (C=O) groups excluding carboxylic acids is 2. The van der Waals surface area contributed by atoms with E-state index in [1.165, 1.54) is 7.11 Å². The monoisotopic (exact) mass is 266 g/mol. The van der Waals surface area contributed by atoms with E-state index in [0.717, 1.165) is 0 Å². The molecule has 1 aliphatic heterocycles. The number of rotatable bonds is 5. The molecule has 1 unspecified atom stereocenters. The molecule has 1 amide bonds. The molecule has 1 atom stereocenters. The second kappa shape index (κ2) is 9.21.